The Bertz CT molecular complexity index is 531. The molecule has 0 aliphatic heterocycles. The molecule has 0 aliphatic rings. The third kappa shape index (κ3) is 3.80. The van der Waals surface area contributed by atoms with E-state index in [0.29, 0.717) is 6.54 Å². The maximum absolute atomic E-state index is 12.6. The molecule has 1 aromatic rings. The van der Waals surface area contributed by atoms with E-state index in [9.17, 15) is 8.42 Å². The van der Waals surface area contributed by atoms with Crippen molar-refractivity contribution in [2.24, 2.45) is 5.41 Å². The number of likely N-dealkylation sites (N-methyl/N-ethyl adjacent to an activating group) is 1. The zero-order valence-electron chi connectivity index (χ0n) is 13.2. The van der Waals surface area contributed by atoms with E-state index in [2.05, 4.69) is 10.4 Å². The van der Waals surface area contributed by atoms with Gasteiger partial charge in [0.25, 0.3) is 0 Å². The lowest BCUT2D eigenvalue weighted by atomic mass is 9.88. The molecule has 0 saturated carbocycles. The van der Waals surface area contributed by atoms with Crippen LogP contribution in [0.1, 0.15) is 27.7 Å². The fraction of sp³-hybridized carbons (Fsp3) is 0.769. The molecule has 0 aliphatic carbocycles. The number of rotatable bonds is 6. The molecule has 20 heavy (non-hydrogen) atoms. The molecule has 116 valence electrons. The Balaban J connectivity index is 2.96. The minimum absolute atomic E-state index is 0.104. The summed E-state index contributed by atoms with van der Waals surface area (Å²) in [7, 11) is -0.0276. The summed E-state index contributed by atoms with van der Waals surface area (Å²) in [5.41, 5.74) is -0.121. The molecule has 0 spiro atoms. The van der Waals surface area contributed by atoms with Crippen molar-refractivity contribution in [2.75, 3.05) is 20.6 Å². The molecular weight excluding hydrogens is 276 g/mol. The number of nitrogens with one attached hydrogen (secondary N) is 1. The van der Waals surface area contributed by atoms with Crippen molar-refractivity contribution in [3.8, 4) is 0 Å². The molecule has 1 N–H and O–H groups in total. The zero-order valence-corrected chi connectivity index (χ0v) is 14.0. The highest BCUT2D eigenvalue weighted by atomic mass is 32.2. The summed E-state index contributed by atoms with van der Waals surface area (Å²) in [5.74, 6) is 0. The predicted octanol–water partition coefficient (Wildman–Crippen LogP) is 1.16. The minimum atomic E-state index is -3.50. The smallest absolute Gasteiger partial charge is 0.246 e. The molecule has 6 nitrogen and oxygen atoms in total. The molecule has 0 bridgehead atoms. The summed E-state index contributed by atoms with van der Waals surface area (Å²) in [5, 5.41) is 7.10. The van der Waals surface area contributed by atoms with E-state index in [1.54, 1.807) is 17.9 Å². The summed E-state index contributed by atoms with van der Waals surface area (Å²) in [6, 6.07) is -0.104. The highest BCUT2D eigenvalue weighted by Gasteiger charge is 2.33. The first kappa shape index (κ1) is 17.1. The van der Waals surface area contributed by atoms with Gasteiger partial charge in [-0.25, -0.2) is 8.42 Å². The van der Waals surface area contributed by atoms with Crippen LogP contribution in [0.2, 0.25) is 0 Å². The number of nitrogens with zero attached hydrogens (tertiary/aromatic N) is 3. The van der Waals surface area contributed by atoms with Gasteiger partial charge in [0.05, 0.1) is 12.7 Å². The number of aromatic nitrogens is 2. The van der Waals surface area contributed by atoms with E-state index < -0.39 is 10.0 Å². The number of hydrogen-bond acceptors (Lipinski definition) is 4. The second-order valence-corrected chi connectivity index (χ2v) is 8.10. The Morgan fingerprint density at radius 2 is 2.05 bits per heavy atom. The molecule has 1 aromatic heterocycles. The van der Waals surface area contributed by atoms with Gasteiger partial charge in [-0.15, -0.1) is 0 Å². The molecule has 1 rings (SSSR count). The van der Waals surface area contributed by atoms with Gasteiger partial charge < -0.3 is 5.32 Å². The minimum Gasteiger partial charge on any atom is -0.318 e. The van der Waals surface area contributed by atoms with Gasteiger partial charge in [0.15, 0.2) is 0 Å². The maximum Gasteiger partial charge on any atom is 0.246 e. The topological polar surface area (TPSA) is 67.2 Å². The van der Waals surface area contributed by atoms with Crippen LogP contribution < -0.4 is 5.32 Å². The predicted molar refractivity (Wildman–Crippen MR) is 80.0 cm³/mol. The van der Waals surface area contributed by atoms with E-state index in [-0.39, 0.29) is 16.4 Å². The fourth-order valence-electron chi connectivity index (χ4n) is 1.75. The second kappa shape index (κ2) is 6.24. The normalized spacial score (nSPS) is 14.8. The summed E-state index contributed by atoms with van der Waals surface area (Å²) < 4.78 is 28.2. The lowest BCUT2D eigenvalue weighted by Gasteiger charge is -2.34. The molecule has 1 unspecified atom stereocenters. The van der Waals surface area contributed by atoms with Crippen molar-refractivity contribution in [1.82, 2.24) is 19.4 Å². The molecule has 0 amide bonds. The van der Waals surface area contributed by atoms with Crippen LogP contribution in [0.15, 0.2) is 17.3 Å². The van der Waals surface area contributed by atoms with E-state index in [1.807, 2.05) is 34.7 Å². The molecule has 0 fully saturated rings. The largest absolute Gasteiger partial charge is 0.318 e. The summed E-state index contributed by atoms with van der Waals surface area (Å²) in [4.78, 5) is 0.243. The van der Waals surface area contributed by atoms with Gasteiger partial charge in [-0.1, -0.05) is 20.8 Å². The van der Waals surface area contributed by atoms with Crippen LogP contribution in [0, 0.1) is 5.41 Å². The lowest BCUT2D eigenvalue weighted by Crippen LogP contribution is -2.42. The van der Waals surface area contributed by atoms with Crippen LogP contribution in [-0.4, -0.2) is 49.2 Å². The van der Waals surface area contributed by atoms with Gasteiger partial charge in [-0.05, 0) is 19.4 Å². The third-order valence-electron chi connectivity index (χ3n) is 3.68. The van der Waals surface area contributed by atoms with Crippen molar-refractivity contribution in [3.63, 3.8) is 0 Å². The first-order valence-electron chi connectivity index (χ1n) is 6.75. The van der Waals surface area contributed by atoms with E-state index in [4.69, 9.17) is 0 Å². The van der Waals surface area contributed by atoms with Gasteiger partial charge in [0.1, 0.15) is 4.90 Å². The Morgan fingerprint density at radius 3 is 2.55 bits per heavy atom. The molecule has 0 aromatic carbocycles. The summed E-state index contributed by atoms with van der Waals surface area (Å²) in [6.07, 6.45) is 3.00. The lowest BCUT2D eigenvalue weighted by molar-refractivity contribution is 0.216. The van der Waals surface area contributed by atoms with Gasteiger partial charge in [0, 0.05) is 25.8 Å². The molecular formula is C13H26N4O2S. The standard InChI is InChI=1S/C13H26N4O2S/c1-11(13(2,3)4)16(6)20(18,19)12-9-15-17(10-12)8-7-14-5/h9-11,14H,7-8H2,1-6H3. The SMILES string of the molecule is CNCCn1cc(S(=O)(=O)N(C)C(C)C(C)(C)C)cn1. The second-order valence-electron chi connectivity index (χ2n) is 6.11. The van der Waals surface area contributed by atoms with Crippen LogP contribution in [0.4, 0.5) is 0 Å². The summed E-state index contributed by atoms with van der Waals surface area (Å²) >= 11 is 0. The highest BCUT2D eigenvalue weighted by molar-refractivity contribution is 7.89. The van der Waals surface area contributed by atoms with E-state index in [1.165, 1.54) is 10.5 Å². The Hall–Kier alpha value is -0.920. The fourth-order valence-corrected chi connectivity index (χ4v) is 3.25. The Labute approximate surface area is 122 Å². The van der Waals surface area contributed by atoms with Crippen molar-refractivity contribution in [1.29, 1.82) is 0 Å². The van der Waals surface area contributed by atoms with Crippen molar-refractivity contribution in [3.05, 3.63) is 12.4 Å². The monoisotopic (exact) mass is 302 g/mol. The van der Waals surface area contributed by atoms with Crippen LogP contribution in [-0.2, 0) is 16.6 Å². The van der Waals surface area contributed by atoms with Crippen LogP contribution in [0.3, 0.4) is 0 Å². The quantitative estimate of drug-likeness (QED) is 0.856. The first-order chi connectivity index (χ1) is 9.10. The molecule has 1 heterocycles. The van der Waals surface area contributed by atoms with Gasteiger partial charge >= 0.3 is 0 Å². The Kier molecular flexibility index (Phi) is 5.34. The van der Waals surface area contributed by atoms with Gasteiger partial charge in [0.2, 0.25) is 10.0 Å². The molecule has 1 atom stereocenters. The van der Waals surface area contributed by atoms with E-state index in [0.717, 1.165) is 6.54 Å². The molecule has 0 radical (unpaired) electrons. The van der Waals surface area contributed by atoms with Gasteiger partial charge in [-0.3, -0.25) is 4.68 Å². The van der Waals surface area contributed by atoms with E-state index >= 15 is 0 Å². The zero-order chi connectivity index (χ0) is 15.6. The summed E-state index contributed by atoms with van der Waals surface area (Å²) in [6.45, 7) is 9.39. The van der Waals surface area contributed by atoms with Crippen molar-refractivity contribution in [2.45, 2.75) is 45.2 Å². The highest BCUT2D eigenvalue weighted by Crippen LogP contribution is 2.27. The Morgan fingerprint density at radius 1 is 1.45 bits per heavy atom. The number of sulfonamides is 1. The maximum atomic E-state index is 12.6. The average Bonchev–Trinajstić information content (AvgIpc) is 2.82. The molecule has 0 saturated heterocycles. The average molecular weight is 302 g/mol. The van der Waals surface area contributed by atoms with Crippen molar-refractivity contribution >= 4 is 10.0 Å². The first-order valence-corrected chi connectivity index (χ1v) is 8.20. The third-order valence-corrected chi connectivity index (χ3v) is 5.56. The van der Waals surface area contributed by atoms with Gasteiger partial charge in [-0.2, -0.15) is 9.40 Å². The number of hydrogen-bond donors (Lipinski definition) is 1. The molecule has 7 heteroatoms. The van der Waals surface area contributed by atoms with Crippen molar-refractivity contribution < 1.29 is 8.42 Å². The van der Waals surface area contributed by atoms with Crippen LogP contribution >= 0.6 is 0 Å². The van der Waals surface area contributed by atoms with Crippen LogP contribution in [0.5, 0.6) is 0 Å². The van der Waals surface area contributed by atoms with Crippen LogP contribution in [0.25, 0.3) is 0 Å².